The molecular weight excluding hydrogens is 314 g/mol. The van der Waals surface area contributed by atoms with Crippen molar-refractivity contribution in [2.24, 2.45) is 5.41 Å². The van der Waals surface area contributed by atoms with Gasteiger partial charge in [0.05, 0.1) is 12.3 Å². The van der Waals surface area contributed by atoms with Crippen LogP contribution in [0.25, 0.3) is 0 Å². The average Bonchev–Trinajstić information content (AvgIpc) is 2.61. The van der Waals surface area contributed by atoms with Gasteiger partial charge in [0.25, 0.3) is 5.91 Å². The fourth-order valence-electron chi connectivity index (χ4n) is 3.26. The molecule has 6 nitrogen and oxygen atoms in total. The number of aromatic nitrogens is 2. The predicted octanol–water partition coefficient (Wildman–Crippen LogP) is 3.37. The molecule has 1 N–H and O–H groups in total. The number of carbonyl (C=O) groups excluding carboxylic acids is 1. The number of nitriles is 1. The van der Waals surface area contributed by atoms with Crippen molar-refractivity contribution in [1.29, 1.82) is 5.26 Å². The van der Waals surface area contributed by atoms with Gasteiger partial charge in [0.2, 0.25) is 0 Å². The van der Waals surface area contributed by atoms with Crippen molar-refractivity contribution in [1.82, 2.24) is 14.9 Å². The van der Waals surface area contributed by atoms with E-state index in [1.807, 2.05) is 26.0 Å². The second-order valence-electron chi connectivity index (χ2n) is 6.92. The number of hydrogen-bond acceptors (Lipinski definition) is 5. The fourth-order valence-corrected chi connectivity index (χ4v) is 3.26. The summed E-state index contributed by atoms with van der Waals surface area (Å²) in [5, 5.41) is 12.7. The van der Waals surface area contributed by atoms with E-state index in [-0.39, 0.29) is 11.3 Å². The molecule has 128 valence electrons. The van der Waals surface area contributed by atoms with E-state index in [1.165, 1.54) is 0 Å². The molecule has 1 aromatic carbocycles. The van der Waals surface area contributed by atoms with Crippen molar-refractivity contribution in [3.8, 4) is 6.07 Å². The third-order valence-electron chi connectivity index (χ3n) is 4.60. The molecule has 2 aromatic rings. The van der Waals surface area contributed by atoms with Gasteiger partial charge in [0, 0.05) is 30.2 Å². The maximum atomic E-state index is 13.0. The molecule has 0 aliphatic carbocycles. The minimum absolute atomic E-state index is 0.109. The monoisotopic (exact) mass is 335 g/mol. The maximum absolute atomic E-state index is 13.0. The van der Waals surface area contributed by atoms with E-state index < -0.39 is 6.04 Å². The standard InChI is InChI=1S/C19H21N5O/c1-19(2)7-4-10-24(16(19)12-20)18(25)14-5-3-6-15(11-14)23-17-13-21-8-9-22-17/h3,5-6,8-9,11,13,16H,4,7,10H2,1-2H3,(H,22,23)/t16-/m1/s1. The SMILES string of the molecule is CC1(C)CCCN(C(=O)c2cccc(Nc3cnccn3)c2)[C@@H]1C#N. The molecule has 1 saturated heterocycles. The van der Waals surface area contributed by atoms with E-state index >= 15 is 0 Å². The Kier molecular flexibility index (Phi) is 4.66. The minimum Gasteiger partial charge on any atom is -0.339 e. The first-order valence-corrected chi connectivity index (χ1v) is 8.35. The zero-order valence-corrected chi connectivity index (χ0v) is 14.4. The second kappa shape index (κ2) is 6.89. The van der Waals surface area contributed by atoms with Gasteiger partial charge >= 0.3 is 0 Å². The first kappa shape index (κ1) is 16.9. The number of anilines is 2. The van der Waals surface area contributed by atoms with Crippen LogP contribution in [0.2, 0.25) is 0 Å². The lowest BCUT2D eigenvalue weighted by atomic mass is 9.77. The number of likely N-dealkylation sites (tertiary alicyclic amines) is 1. The molecule has 0 saturated carbocycles. The van der Waals surface area contributed by atoms with Crippen LogP contribution in [-0.4, -0.2) is 33.4 Å². The Balaban J connectivity index is 1.83. The topological polar surface area (TPSA) is 81.9 Å². The third kappa shape index (κ3) is 3.61. The molecule has 0 unspecified atom stereocenters. The fraction of sp³-hybridized carbons (Fsp3) is 0.368. The molecule has 0 radical (unpaired) electrons. The van der Waals surface area contributed by atoms with Crippen LogP contribution in [0, 0.1) is 16.7 Å². The molecule has 1 aliphatic rings. The van der Waals surface area contributed by atoms with Gasteiger partial charge in [-0.3, -0.25) is 9.78 Å². The van der Waals surface area contributed by atoms with Crippen LogP contribution in [0.4, 0.5) is 11.5 Å². The molecule has 0 bridgehead atoms. The summed E-state index contributed by atoms with van der Waals surface area (Å²) in [6.45, 7) is 4.71. The number of nitrogens with zero attached hydrogens (tertiary/aromatic N) is 4. The van der Waals surface area contributed by atoms with Gasteiger partial charge in [-0.25, -0.2) is 4.98 Å². The Hall–Kier alpha value is -2.94. The summed E-state index contributed by atoms with van der Waals surface area (Å²) in [4.78, 5) is 22.9. The number of nitrogens with one attached hydrogen (secondary N) is 1. The van der Waals surface area contributed by atoms with Gasteiger partial charge < -0.3 is 10.2 Å². The molecule has 25 heavy (non-hydrogen) atoms. The van der Waals surface area contributed by atoms with E-state index in [0.717, 1.165) is 18.5 Å². The first-order chi connectivity index (χ1) is 12.0. The van der Waals surface area contributed by atoms with Gasteiger partial charge in [-0.2, -0.15) is 5.26 Å². The number of rotatable bonds is 3. The summed E-state index contributed by atoms with van der Waals surface area (Å²) in [5.41, 5.74) is 1.13. The van der Waals surface area contributed by atoms with Crippen LogP contribution in [0.1, 0.15) is 37.0 Å². The van der Waals surface area contributed by atoms with E-state index in [0.29, 0.717) is 17.9 Å². The van der Waals surface area contributed by atoms with Crippen LogP contribution in [-0.2, 0) is 0 Å². The molecule has 2 heterocycles. The third-order valence-corrected chi connectivity index (χ3v) is 4.60. The summed E-state index contributed by atoms with van der Waals surface area (Å²) in [6, 6.07) is 9.16. The highest BCUT2D eigenvalue weighted by molar-refractivity contribution is 5.95. The van der Waals surface area contributed by atoms with Crippen molar-refractivity contribution in [2.75, 3.05) is 11.9 Å². The lowest BCUT2D eigenvalue weighted by Gasteiger charge is -2.42. The summed E-state index contributed by atoms with van der Waals surface area (Å²) in [7, 11) is 0. The Morgan fingerprint density at radius 1 is 1.40 bits per heavy atom. The molecule has 6 heteroatoms. The number of benzene rings is 1. The second-order valence-corrected chi connectivity index (χ2v) is 6.92. The molecule has 1 fully saturated rings. The minimum atomic E-state index is -0.412. The number of hydrogen-bond donors (Lipinski definition) is 1. The highest BCUT2D eigenvalue weighted by Gasteiger charge is 2.40. The summed E-state index contributed by atoms with van der Waals surface area (Å²) in [5.74, 6) is 0.503. The Morgan fingerprint density at radius 2 is 2.24 bits per heavy atom. The van der Waals surface area contributed by atoms with Crippen LogP contribution in [0.3, 0.4) is 0 Å². The van der Waals surface area contributed by atoms with Gasteiger partial charge in [0.1, 0.15) is 11.9 Å². The molecular formula is C19H21N5O. The van der Waals surface area contributed by atoms with E-state index in [9.17, 15) is 10.1 Å². The van der Waals surface area contributed by atoms with Gasteiger partial charge in [-0.1, -0.05) is 19.9 Å². The molecule has 0 spiro atoms. The van der Waals surface area contributed by atoms with E-state index in [1.54, 1.807) is 35.6 Å². The summed E-state index contributed by atoms with van der Waals surface area (Å²) in [6.07, 6.45) is 6.68. The quantitative estimate of drug-likeness (QED) is 0.930. The average molecular weight is 335 g/mol. The largest absolute Gasteiger partial charge is 0.339 e. The normalized spacial score (nSPS) is 19.1. The molecule has 3 rings (SSSR count). The van der Waals surface area contributed by atoms with Gasteiger partial charge in [-0.15, -0.1) is 0 Å². The lowest BCUT2D eigenvalue weighted by molar-refractivity contribution is 0.0438. The van der Waals surface area contributed by atoms with Crippen LogP contribution in [0.5, 0.6) is 0 Å². The number of amides is 1. The van der Waals surface area contributed by atoms with Gasteiger partial charge in [0.15, 0.2) is 0 Å². The first-order valence-electron chi connectivity index (χ1n) is 8.35. The van der Waals surface area contributed by atoms with E-state index in [4.69, 9.17) is 0 Å². The maximum Gasteiger partial charge on any atom is 0.255 e. The number of carbonyl (C=O) groups is 1. The number of piperidine rings is 1. The van der Waals surface area contributed by atoms with E-state index in [2.05, 4.69) is 21.4 Å². The predicted molar refractivity (Wildman–Crippen MR) is 95.2 cm³/mol. The Bertz CT molecular complexity index is 797. The molecule has 1 aliphatic heterocycles. The van der Waals surface area contributed by atoms with Crippen molar-refractivity contribution >= 4 is 17.4 Å². The van der Waals surface area contributed by atoms with Crippen LogP contribution < -0.4 is 5.32 Å². The Labute approximate surface area is 147 Å². The zero-order chi connectivity index (χ0) is 17.9. The van der Waals surface area contributed by atoms with Crippen molar-refractivity contribution in [2.45, 2.75) is 32.7 Å². The highest BCUT2D eigenvalue weighted by atomic mass is 16.2. The summed E-state index contributed by atoms with van der Waals surface area (Å²) < 4.78 is 0. The van der Waals surface area contributed by atoms with Crippen LogP contribution in [0.15, 0.2) is 42.9 Å². The van der Waals surface area contributed by atoms with Crippen molar-refractivity contribution in [3.63, 3.8) is 0 Å². The highest BCUT2D eigenvalue weighted by Crippen LogP contribution is 2.35. The Morgan fingerprint density at radius 3 is 2.96 bits per heavy atom. The molecule has 1 atom stereocenters. The zero-order valence-electron chi connectivity index (χ0n) is 14.4. The van der Waals surface area contributed by atoms with Crippen molar-refractivity contribution < 1.29 is 4.79 Å². The summed E-state index contributed by atoms with van der Waals surface area (Å²) >= 11 is 0. The van der Waals surface area contributed by atoms with Gasteiger partial charge in [-0.05, 0) is 36.5 Å². The molecule has 1 aromatic heterocycles. The van der Waals surface area contributed by atoms with Crippen LogP contribution >= 0.6 is 0 Å². The molecule has 1 amide bonds. The smallest absolute Gasteiger partial charge is 0.255 e. The van der Waals surface area contributed by atoms with Crippen molar-refractivity contribution in [3.05, 3.63) is 48.4 Å². The lowest BCUT2D eigenvalue weighted by Crippen LogP contribution is -2.51.